The minimum Gasteiger partial charge on any atom is -0.312 e. The van der Waals surface area contributed by atoms with Crippen LogP contribution in [0.15, 0.2) is 35.6 Å². The third-order valence-electron chi connectivity index (χ3n) is 4.48. The van der Waals surface area contributed by atoms with Crippen LogP contribution in [0.25, 0.3) is 0 Å². The summed E-state index contributed by atoms with van der Waals surface area (Å²) in [6.45, 7) is 5.85. The Morgan fingerprint density at radius 1 is 1.44 bits per heavy atom. The van der Waals surface area contributed by atoms with E-state index in [-0.39, 0.29) is 5.56 Å². The molecule has 0 N–H and O–H groups in total. The molecule has 0 spiro atoms. The van der Waals surface area contributed by atoms with Crippen LogP contribution in [-0.4, -0.2) is 29.1 Å². The van der Waals surface area contributed by atoms with Gasteiger partial charge in [0.1, 0.15) is 0 Å². The molecule has 0 saturated carbocycles. The van der Waals surface area contributed by atoms with Crippen molar-refractivity contribution in [1.82, 2.24) is 9.47 Å². The number of piperidine rings is 1. The Morgan fingerprint density at radius 3 is 3.06 bits per heavy atom. The molecule has 0 unspecified atom stereocenters. The van der Waals surface area contributed by atoms with Gasteiger partial charge in [-0.3, -0.25) is 4.79 Å². The quantitative estimate of drug-likeness (QED) is 0.742. The number of hydrogen-bond acceptors (Lipinski definition) is 2. The zero-order valence-corrected chi connectivity index (χ0v) is 10.9. The Balaban J connectivity index is 2.06. The second kappa shape index (κ2) is 4.39. The van der Waals surface area contributed by atoms with Gasteiger partial charge >= 0.3 is 0 Å². The van der Waals surface area contributed by atoms with Crippen LogP contribution in [0.1, 0.15) is 24.5 Å². The van der Waals surface area contributed by atoms with Gasteiger partial charge in [-0.05, 0) is 31.9 Å². The summed E-state index contributed by atoms with van der Waals surface area (Å²) in [5.41, 5.74) is 1.38. The van der Waals surface area contributed by atoms with Crippen molar-refractivity contribution in [2.75, 3.05) is 13.6 Å². The van der Waals surface area contributed by atoms with E-state index in [1.54, 1.807) is 6.07 Å². The lowest BCUT2D eigenvalue weighted by molar-refractivity contribution is 0.0838. The molecule has 0 aromatic carbocycles. The van der Waals surface area contributed by atoms with Gasteiger partial charge in [-0.15, -0.1) is 6.58 Å². The van der Waals surface area contributed by atoms with E-state index in [1.807, 2.05) is 16.7 Å². The smallest absolute Gasteiger partial charge is 0.250 e. The van der Waals surface area contributed by atoms with Crippen LogP contribution >= 0.6 is 0 Å². The number of aromatic nitrogens is 1. The molecule has 0 radical (unpaired) electrons. The minimum absolute atomic E-state index is 0.157. The molecule has 3 heterocycles. The van der Waals surface area contributed by atoms with E-state index in [2.05, 4.69) is 24.6 Å². The van der Waals surface area contributed by atoms with Gasteiger partial charge in [0.05, 0.1) is 0 Å². The van der Waals surface area contributed by atoms with Gasteiger partial charge in [-0.25, -0.2) is 0 Å². The molecule has 3 nitrogen and oxygen atoms in total. The molecular formula is C15H20N2O. The molecular weight excluding hydrogens is 224 g/mol. The van der Waals surface area contributed by atoms with Crippen LogP contribution in [0, 0.1) is 5.92 Å². The van der Waals surface area contributed by atoms with Crippen molar-refractivity contribution in [3.05, 3.63) is 46.9 Å². The number of likely N-dealkylation sites (tertiary alicyclic amines) is 1. The first-order valence-corrected chi connectivity index (χ1v) is 6.71. The Morgan fingerprint density at radius 2 is 2.28 bits per heavy atom. The molecule has 1 saturated heterocycles. The van der Waals surface area contributed by atoms with Crippen LogP contribution in [0.5, 0.6) is 0 Å². The number of likely N-dealkylation sites (N-methyl/N-ethyl adjacent to an activating group) is 1. The largest absolute Gasteiger partial charge is 0.312 e. The highest BCUT2D eigenvalue weighted by atomic mass is 16.1. The monoisotopic (exact) mass is 244 g/mol. The number of hydrogen-bond donors (Lipinski definition) is 0. The summed E-state index contributed by atoms with van der Waals surface area (Å²) < 4.78 is 1.99. The van der Waals surface area contributed by atoms with E-state index in [9.17, 15) is 4.79 Å². The highest BCUT2D eigenvalue weighted by molar-refractivity contribution is 5.19. The minimum atomic E-state index is 0.157. The van der Waals surface area contributed by atoms with E-state index < -0.39 is 0 Å². The predicted octanol–water partition coefficient (Wildman–Crippen LogP) is 1.84. The van der Waals surface area contributed by atoms with Crippen LogP contribution in [0.4, 0.5) is 0 Å². The van der Waals surface area contributed by atoms with Crippen LogP contribution in [0.3, 0.4) is 0 Å². The molecule has 2 aliphatic rings. The maximum absolute atomic E-state index is 12.0. The first-order chi connectivity index (χ1) is 8.70. The fourth-order valence-corrected chi connectivity index (χ4v) is 3.72. The molecule has 18 heavy (non-hydrogen) atoms. The molecule has 1 fully saturated rings. The van der Waals surface area contributed by atoms with Crippen molar-refractivity contribution in [3.8, 4) is 0 Å². The molecule has 3 rings (SSSR count). The highest BCUT2D eigenvalue weighted by Gasteiger charge is 2.39. The second-order valence-electron chi connectivity index (χ2n) is 5.64. The van der Waals surface area contributed by atoms with E-state index in [0.717, 1.165) is 19.5 Å². The van der Waals surface area contributed by atoms with Gasteiger partial charge in [0, 0.05) is 36.8 Å². The van der Waals surface area contributed by atoms with E-state index in [1.165, 1.54) is 12.1 Å². The zero-order chi connectivity index (χ0) is 12.7. The summed E-state index contributed by atoms with van der Waals surface area (Å²) in [6, 6.07) is 6.19. The zero-order valence-electron chi connectivity index (χ0n) is 10.9. The van der Waals surface area contributed by atoms with Gasteiger partial charge < -0.3 is 9.47 Å². The molecule has 3 heteroatoms. The summed E-state index contributed by atoms with van der Waals surface area (Å²) in [5, 5.41) is 0. The fourth-order valence-electron chi connectivity index (χ4n) is 3.72. The topological polar surface area (TPSA) is 25.2 Å². The van der Waals surface area contributed by atoms with Crippen molar-refractivity contribution in [2.45, 2.75) is 31.3 Å². The van der Waals surface area contributed by atoms with Crippen LogP contribution in [0.2, 0.25) is 0 Å². The fraction of sp³-hybridized carbons (Fsp3) is 0.533. The number of pyridine rings is 1. The van der Waals surface area contributed by atoms with Gasteiger partial charge in [0.25, 0.3) is 5.56 Å². The molecule has 2 aliphatic heterocycles. The summed E-state index contributed by atoms with van der Waals surface area (Å²) >= 11 is 0. The lowest BCUT2D eigenvalue weighted by atomic mass is 9.77. The average Bonchev–Trinajstić information content (AvgIpc) is 2.35. The maximum Gasteiger partial charge on any atom is 0.250 e. The Hall–Kier alpha value is -1.35. The third-order valence-corrected chi connectivity index (χ3v) is 4.48. The van der Waals surface area contributed by atoms with Crippen molar-refractivity contribution >= 4 is 0 Å². The Labute approximate surface area is 108 Å². The van der Waals surface area contributed by atoms with Gasteiger partial charge in [0.2, 0.25) is 0 Å². The van der Waals surface area contributed by atoms with Crippen molar-refractivity contribution < 1.29 is 0 Å². The highest BCUT2D eigenvalue weighted by Crippen LogP contribution is 2.39. The van der Waals surface area contributed by atoms with Crippen LogP contribution < -0.4 is 5.56 Å². The third kappa shape index (κ3) is 1.74. The van der Waals surface area contributed by atoms with Crippen LogP contribution in [-0.2, 0) is 6.54 Å². The Bertz CT molecular complexity index is 519. The molecule has 2 bridgehead atoms. The first-order valence-electron chi connectivity index (χ1n) is 6.71. The standard InChI is InChI=1S/C15H20N2O/c1-3-5-13-12-8-11(9-16(13)2)10-17-14(12)6-4-7-15(17)18/h3-4,6-7,11-13H,1,5,8-10H2,2H3/t11-,12-,13+/m1/s1. The molecule has 1 aromatic rings. The molecule has 0 amide bonds. The number of fused-ring (bicyclic) bond motifs is 4. The number of rotatable bonds is 2. The van der Waals surface area contributed by atoms with Gasteiger partial charge in [-0.2, -0.15) is 0 Å². The van der Waals surface area contributed by atoms with Gasteiger partial charge in [0.15, 0.2) is 0 Å². The SMILES string of the molecule is C=CC[C@H]1[C@H]2C[C@H](CN1C)Cn1c2cccc1=O. The molecule has 0 aliphatic carbocycles. The second-order valence-corrected chi connectivity index (χ2v) is 5.64. The summed E-state index contributed by atoms with van der Waals surface area (Å²) in [7, 11) is 2.20. The molecule has 3 atom stereocenters. The van der Waals surface area contributed by atoms with Crippen molar-refractivity contribution in [1.29, 1.82) is 0 Å². The van der Waals surface area contributed by atoms with Crippen molar-refractivity contribution in [3.63, 3.8) is 0 Å². The van der Waals surface area contributed by atoms with E-state index >= 15 is 0 Å². The Kier molecular flexibility index (Phi) is 2.86. The van der Waals surface area contributed by atoms with Gasteiger partial charge in [-0.1, -0.05) is 12.1 Å². The predicted molar refractivity (Wildman–Crippen MR) is 72.8 cm³/mol. The summed E-state index contributed by atoms with van der Waals surface area (Å²) in [4.78, 5) is 14.4. The van der Waals surface area contributed by atoms with E-state index in [0.29, 0.717) is 17.9 Å². The average molecular weight is 244 g/mol. The lowest BCUT2D eigenvalue weighted by Crippen LogP contribution is -2.51. The molecule has 1 aromatic heterocycles. The maximum atomic E-state index is 12.0. The first kappa shape index (κ1) is 11.7. The summed E-state index contributed by atoms with van der Waals surface area (Å²) in [6.07, 6.45) is 4.21. The number of nitrogens with zero attached hydrogens (tertiary/aromatic N) is 2. The normalized spacial score (nSPS) is 30.8. The van der Waals surface area contributed by atoms with Crippen molar-refractivity contribution in [2.24, 2.45) is 5.92 Å². The summed E-state index contributed by atoms with van der Waals surface area (Å²) in [5.74, 6) is 1.10. The van der Waals surface area contributed by atoms with E-state index in [4.69, 9.17) is 0 Å². The molecule has 96 valence electrons. The lowest BCUT2D eigenvalue weighted by Gasteiger charge is -2.47.